The molecule has 1 fully saturated rings. The van der Waals surface area contributed by atoms with Gasteiger partial charge in [0.2, 0.25) is 0 Å². The fourth-order valence-electron chi connectivity index (χ4n) is 7.64. The fraction of sp³-hybridized carbons (Fsp3) is 0.0833. The van der Waals surface area contributed by atoms with Crippen molar-refractivity contribution in [1.82, 2.24) is 0 Å². The first-order valence-electron chi connectivity index (χ1n) is 17.8. The van der Waals surface area contributed by atoms with Crippen LogP contribution in [-0.4, -0.2) is 26.3 Å². The van der Waals surface area contributed by atoms with Crippen molar-refractivity contribution in [2.45, 2.75) is 0 Å². The van der Waals surface area contributed by atoms with E-state index in [-0.39, 0.29) is 0 Å². The van der Waals surface area contributed by atoms with E-state index in [0.717, 1.165) is 43.4 Å². The van der Waals surface area contributed by atoms with Crippen LogP contribution in [0.5, 0.6) is 0 Å². The van der Waals surface area contributed by atoms with Gasteiger partial charge in [-0.1, -0.05) is 133 Å². The van der Waals surface area contributed by atoms with Crippen LogP contribution in [-0.2, 0) is 4.74 Å². The van der Waals surface area contributed by atoms with Crippen molar-refractivity contribution in [3.8, 4) is 33.4 Å². The summed E-state index contributed by atoms with van der Waals surface area (Å²) in [5.41, 5.74) is 12.1. The first kappa shape index (κ1) is 30.9. The van der Waals surface area contributed by atoms with Gasteiger partial charge in [-0.3, -0.25) is 0 Å². The quantitative estimate of drug-likeness (QED) is 0.159. The molecule has 246 valence electrons. The molecule has 8 aromatic carbocycles. The molecule has 3 heteroatoms. The Morgan fingerprint density at radius 3 is 1.16 bits per heavy atom. The highest BCUT2D eigenvalue weighted by molar-refractivity contribution is 6.21. The molecule has 0 radical (unpaired) electrons. The monoisotopic (exact) mass is 658 g/mol. The Labute approximate surface area is 299 Å². The lowest BCUT2D eigenvalue weighted by molar-refractivity contribution is 0.122. The summed E-state index contributed by atoms with van der Waals surface area (Å²) in [6.07, 6.45) is 0. The van der Waals surface area contributed by atoms with E-state index in [1.807, 2.05) is 0 Å². The van der Waals surface area contributed by atoms with Crippen molar-refractivity contribution in [3.05, 3.63) is 182 Å². The summed E-state index contributed by atoms with van der Waals surface area (Å²) in [4.78, 5) is 4.71. The van der Waals surface area contributed by atoms with E-state index < -0.39 is 0 Å². The van der Waals surface area contributed by atoms with Crippen molar-refractivity contribution in [3.63, 3.8) is 0 Å². The molecule has 51 heavy (non-hydrogen) atoms. The van der Waals surface area contributed by atoms with Gasteiger partial charge >= 0.3 is 0 Å². The summed E-state index contributed by atoms with van der Waals surface area (Å²) < 4.78 is 5.54. The molecular weight excluding hydrogens is 621 g/mol. The molecule has 1 aliphatic rings. The second-order valence-corrected chi connectivity index (χ2v) is 13.1. The number of hydrogen-bond donors (Lipinski definition) is 0. The molecule has 8 aromatic rings. The lowest BCUT2D eigenvalue weighted by atomic mass is 9.85. The molecule has 1 aliphatic heterocycles. The van der Waals surface area contributed by atoms with Gasteiger partial charge in [0, 0.05) is 35.8 Å². The van der Waals surface area contributed by atoms with E-state index in [1.54, 1.807) is 0 Å². The Morgan fingerprint density at radius 2 is 0.706 bits per heavy atom. The molecule has 1 heterocycles. The van der Waals surface area contributed by atoms with Gasteiger partial charge in [0.15, 0.2) is 0 Å². The van der Waals surface area contributed by atoms with Crippen LogP contribution in [0.25, 0.3) is 54.9 Å². The number of benzene rings is 8. The van der Waals surface area contributed by atoms with E-state index in [0.29, 0.717) is 0 Å². The molecule has 0 aliphatic carbocycles. The molecule has 0 unspecified atom stereocenters. The molecule has 9 rings (SSSR count). The third-order valence-electron chi connectivity index (χ3n) is 10.1. The lowest BCUT2D eigenvalue weighted by Gasteiger charge is -2.28. The molecule has 0 aromatic heterocycles. The third-order valence-corrected chi connectivity index (χ3v) is 10.1. The molecule has 1 saturated heterocycles. The maximum absolute atomic E-state index is 5.54. The smallest absolute Gasteiger partial charge is 0.0642 e. The minimum absolute atomic E-state index is 0.794. The van der Waals surface area contributed by atoms with Crippen LogP contribution in [0.2, 0.25) is 0 Å². The standard InChI is InChI=1S/C48H38N2O/c1-3-11-40(12-4-1)50(41-13-5-2-6-14-41)42-29-25-38(26-30-42)48-45-17-9-7-15-43(45)47(44-16-8-10-18-46(44)48)37-21-19-35(20-22-37)36-23-27-39(28-24-36)49-31-33-51-34-32-49/h1-30H,31-34H2. The van der Waals surface area contributed by atoms with Crippen LogP contribution in [0.3, 0.4) is 0 Å². The van der Waals surface area contributed by atoms with E-state index in [4.69, 9.17) is 4.74 Å². The number of morpholine rings is 1. The molecule has 0 atom stereocenters. The van der Waals surface area contributed by atoms with Crippen molar-refractivity contribution in [1.29, 1.82) is 0 Å². The second-order valence-electron chi connectivity index (χ2n) is 13.1. The molecule has 0 N–H and O–H groups in total. The van der Waals surface area contributed by atoms with Gasteiger partial charge in [0.05, 0.1) is 13.2 Å². The van der Waals surface area contributed by atoms with Crippen LogP contribution in [0, 0.1) is 0 Å². The zero-order valence-electron chi connectivity index (χ0n) is 28.5. The van der Waals surface area contributed by atoms with Gasteiger partial charge in [-0.25, -0.2) is 0 Å². The van der Waals surface area contributed by atoms with Crippen LogP contribution in [0.4, 0.5) is 22.7 Å². The second kappa shape index (κ2) is 13.6. The number of anilines is 4. The summed E-state index contributed by atoms with van der Waals surface area (Å²) in [7, 11) is 0. The Hall–Kier alpha value is -6.16. The molecule has 0 spiro atoms. The largest absolute Gasteiger partial charge is 0.378 e. The average molecular weight is 659 g/mol. The summed E-state index contributed by atoms with van der Waals surface area (Å²) in [5.74, 6) is 0. The van der Waals surface area contributed by atoms with E-state index in [2.05, 4.69) is 192 Å². The Balaban J connectivity index is 1.11. The number of para-hydroxylation sites is 2. The number of fused-ring (bicyclic) bond motifs is 2. The zero-order valence-corrected chi connectivity index (χ0v) is 28.5. The molecule has 0 amide bonds. The van der Waals surface area contributed by atoms with E-state index in [1.165, 1.54) is 60.6 Å². The highest BCUT2D eigenvalue weighted by atomic mass is 16.5. The molecule has 3 nitrogen and oxygen atoms in total. The predicted molar refractivity (Wildman–Crippen MR) is 215 cm³/mol. The summed E-state index contributed by atoms with van der Waals surface area (Å²) in [6.45, 7) is 3.48. The van der Waals surface area contributed by atoms with Gasteiger partial charge < -0.3 is 14.5 Å². The molecular formula is C48H38N2O. The van der Waals surface area contributed by atoms with E-state index in [9.17, 15) is 0 Å². The number of nitrogens with zero attached hydrogens (tertiary/aromatic N) is 2. The SMILES string of the molecule is c1ccc(N(c2ccccc2)c2ccc(-c3c4ccccc4c(-c4ccc(-c5ccc(N6CCOCC6)cc5)cc4)c4ccccc34)cc2)cc1. The predicted octanol–water partition coefficient (Wildman–Crippen LogP) is 12.3. The minimum Gasteiger partial charge on any atom is -0.378 e. The highest BCUT2D eigenvalue weighted by Gasteiger charge is 2.18. The maximum atomic E-state index is 5.54. The third kappa shape index (κ3) is 5.92. The topological polar surface area (TPSA) is 15.7 Å². The molecule has 0 saturated carbocycles. The van der Waals surface area contributed by atoms with Gasteiger partial charge in [0.25, 0.3) is 0 Å². The summed E-state index contributed by atoms with van der Waals surface area (Å²) in [5, 5.41) is 5.02. The number of rotatable bonds is 7. The van der Waals surface area contributed by atoms with Crippen molar-refractivity contribution in [2.75, 3.05) is 36.1 Å². The van der Waals surface area contributed by atoms with Crippen molar-refractivity contribution in [2.24, 2.45) is 0 Å². The summed E-state index contributed by atoms with van der Waals surface area (Å²) in [6, 6.07) is 66.0. The zero-order chi connectivity index (χ0) is 34.0. The highest BCUT2D eigenvalue weighted by Crippen LogP contribution is 2.45. The number of ether oxygens (including phenoxy) is 1. The number of hydrogen-bond acceptors (Lipinski definition) is 3. The Kier molecular flexibility index (Phi) is 8.25. The van der Waals surface area contributed by atoms with Crippen LogP contribution < -0.4 is 9.80 Å². The first-order chi connectivity index (χ1) is 25.3. The Morgan fingerprint density at radius 1 is 0.353 bits per heavy atom. The maximum Gasteiger partial charge on any atom is 0.0642 e. The molecule has 0 bridgehead atoms. The van der Waals surface area contributed by atoms with Crippen LogP contribution in [0.1, 0.15) is 0 Å². The Bertz CT molecular complexity index is 2320. The van der Waals surface area contributed by atoms with Gasteiger partial charge in [-0.05, 0) is 103 Å². The van der Waals surface area contributed by atoms with Crippen LogP contribution >= 0.6 is 0 Å². The normalized spacial score (nSPS) is 13.1. The van der Waals surface area contributed by atoms with Gasteiger partial charge in [-0.15, -0.1) is 0 Å². The van der Waals surface area contributed by atoms with Gasteiger partial charge in [0.1, 0.15) is 0 Å². The average Bonchev–Trinajstić information content (AvgIpc) is 3.22. The first-order valence-corrected chi connectivity index (χ1v) is 17.8. The van der Waals surface area contributed by atoms with E-state index >= 15 is 0 Å². The van der Waals surface area contributed by atoms with Crippen LogP contribution in [0.15, 0.2) is 182 Å². The van der Waals surface area contributed by atoms with Crippen molar-refractivity contribution >= 4 is 44.3 Å². The minimum atomic E-state index is 0.794. The van der Waals surface area contributed by atoms with Gasteiger partial charge in [-0.2, -0.15) is 0 Å². The van der Waals surface area contributed by atoms with Crippen molar-refractivity contribution < 1.29 is 4.74 Å². The lowest BCUT2D eigenvalue weighted by Crippen LogP contribution is -2.36. The summed E-state index contributed by atoms with van der Waals surface area (Å²) >= 11 is 0. The fourth-order valence-corrected chi connectivity index (χ4v) is 7.64.